The van der Waals surface area contributed by atoms with Gasteiger partial charge in [0.25, 0.3) is 0 Å². The summed E-state index contributed by atoms with van der Waals surface area (Å²) >= 11 is 0. The molecule has 0 aliphatic carbocycles. The third kappa shape index (κ3) is 3.48. The Morgan fingerprint density at radius 2 is 1.90 bits per heavy atom. The second kappa shape index (κ2) is 7.75. The Bertz CT molecular complexity index is 1290. The van der Waals surface area contributed by atoms with Gasteiger partial charge in [0, 0.05) is 36.3 Å². The van der Waals surface area contributed by atoms with Crippen molar-refractivity contribution in [2.75, 3.05) is 18.6 Å². The van der Waals surface area contributed by atoms with Gasteiger partial charge in [0.15, 0.2) is 5.82 Å². The molecular weight excluding hydrogens is 395 g/mol. The van der Waals surface area contributed by atoms with Gasteiger partial charge in [0.1, 0.15) is 22.9 Å². The summed E-state index contributed by atoms with van der Waals surface area (Å²) < 4.78 is 19.5. The van der Waals surface area contributed by atoms with E-state index in [1.165, 1.54) is 12.1 Å². The predicted molar refractivity (Wildman–Crippen MR) is 116 cm³/mol. The monoisotopic (exact) mass is 414 g/mol. The molecule has 0 saturated carbocycles. The van der Waals surface area contributed by atoms with Crippen molar-refractivity contribution in [2.45, 2.75) is 12.8 Å². The van der Waals surface area contributed by atoms with Crippen LogP contribution in [-0.2, 0) is 4.79 Å². The number of anilines is 1. The van der Waals surface area contributed by atoms with E-state index in [4.69, 9.17) is 14.7 Å². The smallest absolute Gasteiger partial charge is 0.228 e. The molecule has 0 unspecified atom stereocenters. The average Bonchev–Trinajstić information content (AvgIpc) is 3.23. The van der Waals surface area contributed by atoms with Crippen LogP contribution in [0.4, 0.5) is 10.2 Å². The maximum absolute atomic E-state index is 13.9. The number of amides is 1. The lowest BCUT2D eigenvalue weighted by atomic mass is 10.0. The maximum atomic E-state index is 13.9. The Morgan fingerprint density at radius 1 is 1.03 bits per heavy atom. The zero-order chi connectivity index (χ0) is 21.4. The highest BCUT2D eigenvalue weighted by Gasteiger charge is 2.27. The highest BCUT2D eigenvalue weighted by Crippen LogP contribution is 2.38. The Hall–Kier alpha value is -3.87. The first-order chi connectivity index (χ1) is 15.1. The van der Waals surface area contributed by atoms with Crippen molar-refractivity contribution in [2.24, 2.45) is 0 Å². The van der Waals surface area contributed by atoms with E-state index in [1.54, 1.807) is 30.5 Å². The molecule has 1 saturated heterocycles. The van der Waals surface area contributed by atoms with Crippen LogP contribution in [0.2, 0.25) is 0 Å². The minimum absolute atomic E-state index is 0.0206. The number of rotatable bonds is 4. The molecule has 2 aromatic heterocycles. The summed E-state index contributed by atoms with van der Waals surface area (Å²) in [6, 6.07) is 13.8. The number of pyridine rings is 1. The zero-order valence-electron chi connectivity index (χ0n) is 16.9. The van der Waals surface area contributed by atoms with Crippen molar-refractivity contribution >= 4 is 22.6 Å². The van der Waals surface area contributed by atoms with Crippen molar-refractivity contribution in [1.82, 2.24) is 15.0 Å². The van der Waals surface area contributed by atoms with Crippen LogP contribution in [0.5, 0.6) is 5.75 Å². The zero-order valence-corrected chi connectivity index (χ0v) is 16.9. The van der Waals surface area contributed by atoms with E-state index >= 15 is 0 Å². The van der Waals surface area contributed by atoms with Gasteiger partial charge >= 0.3 is 0 Å². The molecule has 1 aliphatic heterocycles. The molecule has 2 aromatic carbocycles. The van der Waals surface area contributed by atoms with E-state index in [2.05, 4.69) is 4.98 Å². The van der Waals surface area contributed by atoms with Crippen molar-refractivity contribution in [3.05, 3.63) is 66.7 Å². The van der Waals surface area contributed by atoms with Gasteiger partial charge in [-0.1, -0.05) is 12.1 Å². The average molecular weight is 414 g/mol. The largest absolute Gasteiger partial charge is 0.494 e. The fourth-order valence-electron chi connectivity index (χ4n) is 3.88. The van der Waals surface area contributed by atoms with Gasteiger partial charge in [-0.3, -0.25) is 14.7 Å². The fraction of sp³-hybridized carbons (Fsp3) is 0.167. The van der Waals surface area contributed by atoms with E-state index in [0.29, 0.717) is 46.8 Å². The van der Waals surface area contributed by atoms with Crippen molar-refractivity contribution in [1.29, 1.82) is 0 Å². The van der Waals surface area contributed by atoms with Crippen LogP contribution >= 0.6 is 0 Å². The third-order valence-corrected chi connectivity index (χ3v) is 5.37. The normalized spacial score (nSPS) is 13.7. The second-order valence-corrected chi connectivity index (χ2v) is 7.35. The molecule has 31 heavy (non-hydrogen) atoms. The first kappa shape index (κ1) is 19.1. The second-order valence-electron chi connectivity index (χ2n) is 7.35. The van der Waals surface area contributed by atoms with Crippen LogP contribution in [-0.4, -0.2) is 34.5 Å². The number of hydrogen-bond donors (Lipinski definition) is 0. The summed E-state index contributed by atoms with van der Waals surface area (Å²) in [5.41, 5.74) is 2.80. The minimum atomic E-state index is -0.324. The van der Waals surface area contributed by atoms with Crippen LogP contribution in [0.15, 0.2) is 60.9 Å². The Morgan fingerprint density at radius 3 is 2.61 bits per heavy atom. The Balaban J connectivity index is 1.80. The number of ether oxygens (including phenoxy) is 1. The molecule has 0 atom stereocenters. The van der Waals surface area contributed by atoms with Crippen LogP contribution in [0.1, 0.15) is 12.8 Å². The number of hydrogen-bond acceptors (Lipinski definition) is 5. The number of nitrogens with zero attached hydrogens (tertiary/aromatic N) is 4. The molecule has 0 radical (unpaired) electrons. The topological polar surface area (TPSA) is 68.2 Å². The summed E-state index contributed by atoms with van der Waals surface area (Å²) in [6.45, 7) is 0.587. The molecule has 4 aromatic rings. The van der Waals surface area contributed by atoms with E-state index in [9.17, 15) is 9.18 Å². The van der Waals surface area contributed by atoms with Gasteiger partial charge in [-0.15, -0.1) is 0 Å². The Labute approximate surface area is 178 Å². The highest BCUT2D eigenvalue weighted by atomic mass is 19.1. The van der Waals surface area contributed by atoms with Crippen LogP contribution in [0, 0.1) is 5.82 Å². The van der Waals surface area contributed by atoms with Crippen LogP contribution in [0.25, 0.3) is 33.4 Å². The van der Waals surface area contributed by atoms with E-state index < -0.39 is 0 Å². The summed E-state index contributed by atoms with van der Waals surface area (Å²) in [5, 5.41) is 0.682. The van der Waals surface area contributed by atoms with E-state index in [-0.39, 0.29) is 11.7 Å². The SMILES string of the molecule is COc1cc(-c2cccc(F)c2)cc2c(N3CCCC3=O)nc(-c3cccnc3)nc12. The first-order valence-electron chi connectivity index (χ1n) is 10.0. The predicted octanol–water partition coefficient (Wildman–Crippen LogP) is 4.63. The summed E-state index contributed by atoms with van der Waals surface area (Å²) in [6.07, 6.45) is 4.62. The highest BCUT2D eigenvalue weighted by molar-refractivity contribution is 6.05. The summed E-state index contributed by atoms with van der Waals surface area (Å²) in [4.78, 5) is 27.9. The lowest BCUT2D eigenvalue weighted by molar-refractivity contribution is -0.117. The molecule has 6 nitrogen and oxygen atoms in total. The number of benzene rings is 2. The van der Waals surface area contributed by atoms with Gasteiger partial charge < -0.3 is 4.74 Å². The molecule has 0 N–H and O–H groups in total. The van der Waals surface area contributed by atoms with Crippen molar-refractivity contribution in [3.8, 4) is 28.3 Å². The lowest BCUT2D eigenvalue weighted by Crippen LogP contribution is -2.25. The summed E-state index contributed by atoms with van der Waals surface area (Å²) in [5.74, 6) is 1.22. The molecule has 1 amide bonds. The Kier molecular flexibility index (Phi) is 4.78. The molecule has 7 heteroatoms. The number of fused-ring (bicyclic) bond motifs is 1. The standard InChI is InChI=1S/C24H19FN4O2/c1-31-20-13-17(15-5-2-7-18(25)11-15)12-19-22(20)27-23(16-6-3-9-26-14-16)28-24(19)29-10-4-8-21(29)30/h2-3,5-7,9,11-14H,4,8,10H2,1H3. The minimum Gasteiger partial charge on any atom is -0.494 e. The first-order valence-corrected chi connectivity index (χ1v) is 10.0. The molecule has 0 bridgehead atoms. The molecule has 5 rings (SSSR count). The molecule has 154 valence electrons. The third-order valence-electron chi connectivity index (χ3n) is 5.37. The van der Waals surface area contributed by atoms with Crippen molar-refractivity contribution < 1.29 is 13.9 Å². The van der Waals surface area contributed by atoms with Crippen molar-refractivity contribution in [3.63, 3.8) is 0 Å². The van der Waals surface area contributed by atoms with Gasteiger partial charge in [0.2, 0.25) is 5.91 Å². The molecule has 3 heterocycles. The molecular formula is C24H19FN4O2. The molecule has 0 spiro atoms. The lowest BCUT2D eigenvalue weighted by Gasteiger charge is -2.19. The molecule has 1 aliphatic rings. The van der Waals surface area contributed by atoms with Crippen LogP contribution < -0.4 is 9.64 Å². The van der Waals surface area contributed by atoms with Gasteiger partial charge in [-0.25, -0.2) is 14.4 Å². The quantitative estimate of drug-likeness (QED) is 0.487. The van der Waals surface area contributed by atoms with Gasteiger partial charge in [-0.2, -0.15) is 0 Å². The summed E-state index contributed by atoms with van der Waals surface area (Å²) in [7, 11) is 1.57. The van der Waals surface area contributed by atoms with E-state index in [1.807, 2.05) is 30.3 Å². The number of aromatic nitrogens is 3. The van der Waals surface area contributed by atoms with Gasteiger partial charge in [-0.05, 0) is 53.9 Å². The maximum Gasteiger partial charge on any atom is 0.228 e. The van der Waals surface area contributed by atoms with Gasteiger partial charge in [0.05, 0.1) is 7.11 Å². The number of halogens is 1. The number of carbonyl (C=O) groups excluding carboxylic acids is 1. The molecule has 1 fully saturated rings. The number of methoxy groups -OCH3 is 1. The number of carbonyl (C=O) groups is 1. The fourth-order valence-corrected chi connectivity index (χ4v) is 3.88. The van der Waals surface area contributed by atoms with Crippen LogP contribution in [0.3, 0.4) is 0 Å². The van der Waals surface area contributed by atoms with E-state index in [0.717, 1.165) is 17.5 Å².